The van der Waals surface area contributed by atoms with E-state index < -0.39 is 0 Å². The number of anilines is 2. The number of nitrogens with zero attached hydrogens (tertiary/aromatic N) is 6. The largest absolute Gasteiger partial charge is 0.325 e. The van der Waals surface area contributed by atoms with Gasteiger partial charge in [-0.05, 0) is 43.9 Å². The molecule has 0 amide bonds. The van der Waals surface area contributed by atoms with E-state index >= 15 is 0 Å². The SMILES string of the molecule is Cn1cc(CN2CCC[C@@H](Cc3cc(Nc4ccccn4)ncn3)C2)cn1. The highest BCUT2D eigenvalue weighted by Gasteiger charge is 2.21. The predicted octanol–water partition coefficient (Wildman–Crippen LogP) is 2.80. The molecule has 140 valence electrons. The van der Waals surface area contributed by atoms with Crippen molar-refractivity contribution < 1.29 is 0 Å². The number of nitrogens with one attached hydrogen (secondary N) is 1. The zero-order valence-corrected chi connectivity index (χ0v) is 15.6. The van der Waals surface area contributed by atoms with Crippen molar-refractivity contribution in [1.29, 1.82) is 0 Å². The van der Waals surface area contributed by atoms with Crippen molar-refractivity contribution in [3.63, 3.8) is 0 Å². The standard InChI is InChI=1S/C20H25N7/c1-26-12-17(11-24-26)14-27-8-4-5-16(13-27)9-18-10-20(23-15-22-18)25-19-6-2-3-7-21-19/h2-3,6-7,10-12,15-16H,4-5,8-9,13-14H2,1H3,(H,21,22,23,25)/t16-/m0/s1. The van der Waals surface area contributed by atoms with Gasteiger partial charge in [0.15, 0.2) is 0 Å². The lowest BCUT2D eigenvalue weighted by atomic mass is 9.93. The van der Waals surface area contributed by atoms with E-state index in [1.54, 1.807) is 12.5 Å². The molecule has 0 aromatic carbocycles. The van der Waals surface area contributed by atoms with E-state index in [-0.39, 0.29) is 0 Å². The van der Waals surface area contributed by atoms with Crippen molar-refractivity contribution in [3.05, 3.63) is 60.4 Å². The van der Waals surface area contributed by atoms with Gasteiger partial charge in [0.25, 0.3) is 0 Å². The zero-order valence-electron chi connectivity index (χ0n) is 15.6. The molecule has 1 fully saturated rings. The fourth-order valence-corrected chi connectivity index (χ4v) is 3.71. The molecule has 7 heteroatoms. The van der Waals surface area contributed by atoms with E-state index in [0.29, 0.717) is 5.92 Å². The molecule has 7 nitrogen and oxygen atoms in total. The maximum absolute atomic E-state index is 4.48. The molecule has 27 heavy (non-hydrogen) atoms. The van der Waals surface area contributed by atoms with Crippen LogP contribution in [-0.4, -0.2) is 42.7 Å². The van der Waals surface area contributed by atoms with Gasteiger partial charge in [-0.3, -0.25) is 9.58 Å². The van der Waals surface area contributed by atoms with Gasteiger partial charge in [0, 0.05) is 49.9 Å². The Morgan fingerprint density at radius 1 is 1.19 bits per heavy atom. The van der Waals surface area contributed by atoms with E-state index in [9.17, 15) is 0 Å². The highest BCUT2D eigenvalue weighted by Crippen LogP contribution is 2.22. The molecule has 4 heterocycles. The summed E-state index contributed by atoms with van der Waals surface area (Å²) in [5.74, 6) is 2.21. The topological polar surface area (TPSA) is 71.8 Å². The number of likely N-dealkylation sites (tertiary alicyclic amines) is 1. The molecule has 0 saturated carbocycles. The van der Waals surface area contributed by atoms with Gasteiger partial charge in [-0.25, -0.2) is 15.0 Å². The molecule has 1 atom stereocenters. The van der Waals surface area contributed by atoms with Gasteiger partial charge in [-0.2, -0.15) is 5.10 Å². The Morgan fingerprint density at radius 3 is 2.96 bits per heavy atom. The number of aryl methyl sites for hydroxylation is 1. The van der Waals surface area contributed by atoms with Crippen LogP contribution in [0.4, 0.5) is 11.6 Å². The molecule has 0 radical (unpaired) electrons. The zero-order chi connectivity index (χ0) is 18.5. The van der Waals surface area contributed by atoms with Crippen LogP contribution in [0.5, 0.6) is 0 Å². The molecule has 0 spiro atoms. The van der Waals surface area contributed by atoms with Gasteiger partial charge in [0.1, 0.15) is 18.0 Å². The second-order valence-electron chi connectivity index (χ2n) is 7.20. The summed E-state index contributed by atoms with van der Waals surface area (Å²) in [5.41, 5.74) is 2.36. The van der Waals surface area contributed by atoms with Crippen LogP contribution in [0.25, 0.3) is 0 Å². The second-order valence-corrected chi connectivity index (χ2v) is 7.20. The van der Waals surface area contributed by atoms with Crippen LogP contribution in [0.3, 0.4) is 0 Å². The molecule has 1 N–H and O–H groups in total. The van der Waals surface area contributed by atoms with Crippen molar-refractivity contribution in [3.8, 4) is 0 Å². The first kappa shape index (κ1) is 17.6. The molecular formula is C20H25N7. The fourth-order valence-electron chi connectivity index (χ4n) is 3.71. The molecule has 0 unspecified atom stereocenters. The Balaban J connectivity index is 1.36. The minimum atomic E-state index is 0.619. The Bertz CT molecular complexity index is 862. The number of piperidine rings is 1. The van der Waals surface area contributed by atoms with E-state index in [0.717, 1.165) is 43.4 Å². The number of hydrogen-bond acceptors (Lipinski definition) is 6. The number of pyridine rings is 1. The third kappa shape index (κ3) is 4.89. The fraction of sp³-hybridized carbons (Fsp3) is 0.400. The summed E-state index contributed by atoms with van der Waals surface area (Å²) in [5, 5.41) is 7.52. The van der Waals surface area contributed by atoms with E-state index in [4.69, 9.17) is 0 Å². The third-order valence-corrected chi connectivity index (χ3v) is 4.91. The lowest BCUT2D eigenvalue weighted by Crippen LogP contribution is -2.35. The monoisotopic (exact) mass is 363 g/mol. The Morgan fingerprint density at radius 2 is 2.15 bits per heavy atom. The molecule has 1 aliphatic heterocycles. The lowest BCUT2D eigenvalue weighted by Gasteiger charge is -2.32. The Hall–Kier alpha value is -2.80. The second kappa shape index (κ2) is 8.26. The van der Waals surface area contributed by atoms with Crippen LogP contribution in [-0.2, 0) is 20.0 Å². The predicted molar refractivity (Wildman–Crippen MR) is 104 cm³/mol. The highest BCUT2D eigenvalue weighted by molar-refractivity contribution is 5.50. The van der Waals surface area contributed by atoms with Crippen LogP contribution in [0.15, 0.2) is 49.2 Å². The van der Waals surface area contributed by atoms with Crippen molar-refractivity contribution in [1.82, 2.24) is 29.6 Å². The van der Waals surface area contributed by atoms with Gasteiger partial charge in [0.05, 0.1) is 6.20 Å². The first-order chi connectivity index (χ1) is 13.2. The molecule has 1 saturated heterocycles. The summed E-state index contributed by atoms with van der Waals surface area (Å²) in [6.45, 7) is 3.23. The summed E-state index contributed by atoms with van der Waals surface area (Å²) < 4.78 is 1.87. The average molecular weight is 363 g/mol. The minimum absolute atomic E-state index is 0.619. The quantitative estimate of drug-likeness (QED) is 0.726. The molecule has 3 aromatic heterocycles. The lowest BCUT2D eigenvalue weighted by molar-refractivity contribution is 0.166. The molecule has 1 aliphatic rings. The molecular weight excluding hydrogens is 338 g/mol. The van der Waals surface area contributed by atoms with Gasteiger partial charge in [-0.15, -0.1) is 0 Å². The molecule has 0 aliphatic carbocycles. The summed E-state index contributed by atoms with van der Waals surface area (Å²) in [6.07, 6.45) is 10.9. The third-order valence-electron chi connectivity index (χ3n) is 4.91. The number of aromatic nitrogens is 5. The van der Waals surface area contributed by atoms with Gasteiger partial charge in [-0.1, -0.05) is 6.07 Å². The van der Waals surface area contributed by atoms with Crippen molar-refractivity contribution in [2.75, 3.05) is 18.4 Å². The van der Waals surface area contributed by atoms with Crippen LogP contribution < -0.4 is 5.32 Å². The number of rotatable bonds is 6. The minimum Gasteiger partial charge on any atom is -0.325 e. The molecule has 4 rings (SSSR count). The van der Waals surface area contributed by atoms with E-state index in [2.05, 4.69) is 36.5 Å². The first-order valence-electron chi connectivity index (χ1n) is 9.43. The highest BCUT2D eigenvalue weighted by atomic mass is 15.2. The number of hydrogen-bond donors (Lipinski definition) is 1. The van der Waals surface area contributed by atoms with Crippen LogP contribution in [0, 0.1) is 5.92 Å². The van der Waals surface area contributed by atoms with Gasteiger partial charge < -0.3 is 5.32 Å². The average Bonchev–Trinajstić information content (AvgIpc) is 3.08. The smallest absolute Gasteiger partial charge is 0.135 e. The van der Waals surface area contributed by atoms with Crippen LogP contribution in [0.1, 0.15) is 24.1 Å². The first-order valence-corrected chi connectivity index (χ1v) is 9.43. The van der Waals surface area contributed by atoms with Gasteiger partial charge in [0.2, 0.25) is 0 Å². The summed E-state index contributed by atoms with van der Waals surface area (Å²) in [7, 11) is 1.97. The Kier molecular flexibility index (Phi) is 5.39. The summed E-state index contributed by atoms with van der Waals surface area (Å²) >= 11 is 0. The summed E-state index contributed by atoms with van der Waals surface area (Å²) in [6, 6.07) is 7.82. The Labute approximate surface area is 159 Å². The molecule has 3 aromatic rings. The van der Waals surface area contributed by atoms with E-state index in [1.165, 1.54) is 18.4 Å². The normalized spacial score (nSPS) is 17.7. The van der Waals surface area contributed by atoms with Crippen molar-refractivity contribution >= 4 is 11.6 Å². The van der Waals surface area contributed by atoms with Crippen LogP contribution in [0.2, 0.25) is 0 Å². The maximum Gasteiger partial charge on any atom is 0.135 e. The van der Waals surface area contributed by atoms with Crippen molar-refractivity contribution in [2.24, 2.45) is 13.0 Å². The van der Waals surface area contributed by atoms with Gasteiger partial charge >= 0.3 is 0 Å². The maximum atomic E-state index is 4.48. The van der Waals surface area contributed by atoms with Crippen molar-refractivity contribution in [2.45, 2.75) is 25.8 Å². The summed E-state index contributed by atoms with van der Waals surface area (Å²) in [4.78, 5) is 15.6. The molecule has 0 bridgehead atoms. The van der Waals surface area contributed by atoms with Crippen LogP contribution >= 0.6 is 0 Å². The van der Waals surface area contributed by atoms with E-state index in [1.807, 2.05) is 42.2 Å².